The predicted octanol–water partition coefficient (Wildman–Crippen LogP) is 3.01. The third kappa shape index (κ3) is 3.16. The molecule has 21 heavy (non-hydrogen) atoms. The normalized spacial score (nSPS) is 16.4. The smallest absolute Gasteiger partial charge is 0.137 e. The lowest BCUT2D eigenvalue weighted by molar-refractivity contribution is 0.148. The minimum Gasteiger partial charge on any atom is -0.490 e. The Balaban J connectivity index is 1.63. The van der Waals surface area contributed by atoms with Crippen molar-refractivity contribution in [3.8, 4) is 11.5 Å². The SMILES string of the molecule is Cc1ccc2c(c1)CC(COc1cc(F)cc(CO)c1)O2. The van der Waals surface area contributed by atoms with Gasteiger partial charge in [-0.25, -0.2) is 4.39 Å². The molecule has 1 aliphatic heterocycles. The van der Waals surface area contributed by atoms with E-state index < -0.39 is 5.82 Å². The highest BCUT2D eigenvalue weighted by Crippen LogP contribution is 2.30. The summed E-state index contributed by atoms with van der Waals surface area (Å²) in [5, 5.41) is 9.06. The van der Waals surface area contributed by atoms with Crippen LogP contribution < -0.4 is 9.47 Å². The first-order valence-corrected chi connectivity index (χ1v) is 6.93. The van der Waals surface area contributed by atoms with Crippen LogP contribution in [0.4, 0.5) is 4.39 Å². The van der Waals surface area contributed by atoms with Crippen LogP contribution in [0.15, 0.2) is 36.4 Å². The number of fused-ring (bicyclic) bond motifs is 1. The van der Waals surface area contributed by atoms with Crippen LogP contribution in [0.2, 0.25) is 0 Å². The molecule has 0 fully saturated rings. The van der Waals surface area contributed by atoms with E-state index in [4.69, 9.17) is 14.6 Å². The fourth-order valence-electron chi connectivity index (χ4n) is 2.53. The van der Waals surface area contributed by atoms with Crippen molar-refractivity contribution in [2.45, 2.75) is 26.1 Å². The molecule has 0 aromatic heterocycles. The summed E-state index contributed by atoms with van der Waals surface area (Å²) in [4.78, 5) is 0. The van der Waals surface area contributed by atoms with Crippen LogP contribution in [0, 0.1) is 12.7 Å². The minimum absolute atomic E-state index is 0.0670. The average molecular weight is 288 g/mol. The standard InChI is InChI=1S/C17H17FO3/c1-11-2-3-17-13(4-11)7-16(21-17)10-20-15-6-12(9-19)5-14(18)8-15/h2-6,8,16,19H,7,9-10H2,1H3. The van der Waals surface area contributed by atoms with Crippen molar-refractivity contribution in [3.63, 3.8) is 0 Å². The molecule has 2 aromatic rings. The maximum Gasteiger partial charge on any atom is 0.137 e. The Labute approximate surface area is 122 Å². The second-order valence-corrected chi connectivity index (χ2v) is 5.32. The van der Waals surface area contributed by atoms with Crippen molar-refractivity contribution < 1.29 is 19.0 Å². The van der Waals surface area contributed by atoms with Gasteiger partial charge in [-0.3, -0.25) is 0 Å². The molecule has 1 atom stereocenters. The zero-order valence-corrected chi connectivity index (χ0v) is 11.8. The van der Waals surface area contributed by atoms with Crippen LogP contribution in [-0.4, -0.2) is 17.8 Å². The lowest BCUT2D eigenvalue weighted by Crippen LogP contribution is -2.22. The van der Waals surface area contributed by atoms with Crippen molar-refractivity contribution in [3.05, 3.63) is 58.9 Å². The summed E-state index contributed by atoms with van der Waals surface area (Å²) < 4.78 is 24.8. The Morgan fingerprint density at radius 2 is 2.14 bits per heavy atom. The molecular formula is C17H17FO3. The van der Waals surface area contributed by atoms with Crippen LogP contribution >= 0.6 is 0 Å². The van der Waals surface area contributed by atoms with Crippen LogP contribution in [0.1, 0.15) is 16.7 Å². The van der Waals surface area contributed by atoms with E-state index in [9.17, 15) is 4.39 Å². The summed E-state index contributed by atoms with van der Waals surface area (Å²) in [7, 11) is 0. The third-order valence-corrected chi connectivity index (χ3v) is 3.51. The molecule has 0 bridgehead atoms. The zero-order chi connectivity index (χ0) is 14.8. The van der Waals surface area contributed by atoms with E-state index >= 15 is 0 Å². The van der Waals surface area contributed by atoms with Gasteiger partial charge in [-0.15, -0.1) is 0 Å². The maximum absolute atomic E-state index is 13.4. The Hall–Kier alpha value is -2.07. The molecule has 1 heterocycles. The Kier molecular flexibility index (Phi) is 3.80. The van der Waals surface area contributed by atoms with Gasteiger partial charge in [0.25, 0.3) is 0 Å². The second kappa shape index (κ2) is 5.74. The second-order valence-electron chi connectivity index (χ2n) is 5.32. The molecule has 0 radical (unpaired) electrons. The van der Waals surface area contributed by atoms with Gasteiger partial charge >= 0.3 is 0 Å². The highest BCUT2D eigenvalue weighted by atomic mass is 19.1. The number of benzene rings is 2. The van der Waals surface area contributed by atoms with Crippen molar-refractivity contribution in [2.75, 3.05) is 6.61 Å². The highest BCUT2D eigenvalue weighted by Gasteiger charge is 2.23. The van der Waals surface area contributed by atoms with E-state index in [1.54, 1.807) is 6.07 Å². The van der Waals surface area contributed by atoms with E-state index in [1.807, 2.05) is 19.1 Å². The lowest BCUT2D eigenvalue weighted by atomic mass is 10.1. The lowest BCUT2D eigenvalue weighted by Gasteiger charge is -2.13. The highest BCUT2D eigenvalue weighted by molar-refractivity contribution is 5.40. The number of hydrogen-bond donors (Lipinski definition) is 1. The summed E-state index contributed by atoms with van der Waals surface area (Å²) >= 11 is 0. The van der Waals surface area contributed by atoms with E-state index in [-0.39, 0.29) is 12.7 Å². The predicted molar refractivity (Wildman–Crippen MR) is 77.1 cm³/mol. The van der Waals surface area contributed by atoms with Crippen LogP contribution in [-0.2, 0) is 13.0 Å². The van der Waals surface area contributed by atoms with Gasteiger partial charge in [0.1, 0.15) is 30.0 Å². The molecule has 3 rings (SSSR count). The van der Waals surface area contributed by atoms with Gasteiger partial charge in [-0.1, -0.05) is 17.7 Å². The van der Waals surface area contributed by atoms with E-state index in [1.165, 1.54) is 23.3 Å². The van der Waals surface area contributed by atoms with Crippen molar-refractivity contribution in [1.82, 2.24) is 0 Å². The van der Waals surface area contributed by atoms with Crippen LogP contribution in [0.5, 0.6) is 11.5 Å². The fraction of sp³-hybridized carbons (Fsp3) is 0.294. The summed E-state index contributed by atoms with van der Waals surface area (Å²) in [6, 6.07) is 10.3. The van der Waals surface area contributed by atoms with Gasteiger partial charge < -0.3 is 14.6 Å². The minimum atomic E-state index is -0.414. The van der Waals surface area contributed by atoms with Crippen molar-refractivity contribution in [1.29, 1.82) is 0 Å². The number of aryl methyl sites for hydroxylation is 1. The molecule has 1 aliphatic rings. The van der Waals surface area contributed by atoms with Gasteiger partial charge in [0.05, 0.1) is 6.61 Å². The maximum atomic E-state index is 13.4. The molecule has 1 N–H and O–H groups in total. The molecule has 0 saturated carbocycles. The molecule has 0 saturated heterocycles. The number of hydrogen-bond acceptors (Lipinski definition) is 3. The summed E-state index contributed by atoms with van der Waals surface area (Å²) in [5.74, 6) is 0.891. The number of aliphatic hydroxyl groups excluding tert-OH is 1. The van der Waals surface area contributed by atoms with Crippen molar-refractivity contribution in [2.24, 2.45) is 0 Å². The molecule has 4 heteroatoms. The first-order chi connectivity index (χ1) is 10.1. The number of ether oxygens (including phenoxy) is 2. The number of rotatable bonds is 4. The van der Waals surface area contributed by atoms with Gasteiger partial charge in [0, 0.05) is 12.5 Å². The quantitative estimate of drug-likeness (QED) is 0.940. The summed E-state index contributed by atoms with van der Waals surface area (Å²) in [5.41, 5.74) is 2.88. The summed E-state index contributed by atoms with van der Waals surface area (Å²) in [6.45, 7) is 2.19. The largest absolute Gasteiger partial charge is 0.490 e. The van der Waals surface area contributed by atoms with Crippen LogP contribution in [0.25, 0.3) is 0 Å². The van der Waals surface area contributed by atoms with Gasteiger partial charge in [0.2, 0.25) is 0 Å². The van der Waals surface area contributed by atoms with Crippen LogP contribution in [0.3, 0.4) is 0 Å². The van der Waals surface area contributed by atoms with E-state index in [2.05, 4.69) is 6.07 Å². The fourth-order valence-corrected chi connectivity index (χ4v) is 2.53. The number of aliphatic hydroxyl groups is 1. The van der Waals surface area contributed by atoms with Gasteiger partial charge in [0.15, 0.2) is 0 Å². The monoisotopic (exact) mass is 288 g/mol. The molecule has 0 spiro atoms. The third-order valence-electron chi connectivity index (χ3n) is 3.51. The molecule has 3 nitrogen and oxygen atoms in total. The van der Waals surface area contributed by atoms with E-state index in [0.717, 1.165) is 12.2 Å². The van der Waals surface area contributed by atoms with Gasteiger partial charge in [-0.2, -0.15) is 0 Å². The average Bonchev–Trinajstić information content (AvgIpc) is 2.86. The number of halogens is 1. The Bertz CT molecular complexity index is 654. The molecule has 2 aromatic carbocycles. The topological polar surface area (TPSA) is 38.7 Å². The molecule has 0 amide bonds. The van der Waals surface area contributed by atoms with E-state index in [0.29, 0.717) is 17.9 Å². The van der Waals surface area contributed by atoms with Crippen molar-refractivity contribution >= 4 is 0 Å². The zero-order valence-electron chi connectivity index (χ0n) is 11.8. The Morgan fingerprint density at radius 3 is 2.95 bits per heavy atom. The Morgan fingerprint density at radius 1 is 1.29 bits per heavy atom. The first kappa shape index (κ1) is 13.9. The summed E-state index contributed by atoms with van der Waals surface area (Å²) in [6.07, 6.45) is 0.724. The first-order valence-electron chi connectivity index (χ1n) is 6.93. The molecule has 0 aliphatic carbocycles. The molecule has 110 valence electrons. The molecular weight excluding hydrogens is 271 g/mol. The van der Waals surface area contributed by atoms with Gasteiger partial charge in [-0.05, 0) is 36.2 Å². The molecule has 1 unspecified atom stereocenters.